The Morgan fingerprint density at radius 2 is 2.05 bits per heavy atom. The van der Waals surface area contributed by atoms with Gasteiger partial charge in [0, 0.05) is 19.2 Å². The molecule has 5 heteroatoms. The van der Waals surface area contributed by atoms with Crippen LogP contribution in [0.1, 0.15) is 11.3 Å². The maximum Gasteiger partial charge on any atom is 0.230 e. The fourth-order valence-electron chi connectivity index (χ4n) is 2.92. The number of anilines is 2. The average Bonchev–Trinajstić information content (AvgIpc) is 2.79. The molecule has 2 aromatic rings. The summed E-state index contributed by atoms with van der Waals surface area (Å²) in [7, 11) is 0. The van der Waals surface area contributed by atoms with Crippen molar-refractivity contribution in [3.05, 3.63) is 41.7 Å². The van der Waals surface area contributed by atoms with Gasteiger partial charge in [-0.25, -0.2) is 9.97 Å². The van der Waals surface area contributed by atoms with Crippen molar-refractivity contribution in [2.45, 2.75) is 12.8 Å². The zero-order chi connectivity index (χ0) is 14.1. The number of rotatable bonds is 1. The molecule has 0 saturated heterocycles. The minimum atomic E-state index is 0.666. The van der Waals surface area contributed by atoms with Crippen LogP contribution in [0.4, 0.5) is 11.6 Å². The summed E-state index contributed by atoms with van der Waals surface area (Å²) >= 11 is 0. The molecular formula is C16H18N4O. The Kier molecular flexibility index (Phi) is 3.20. The first kappa shape index (κ1) is 12.6. The standard InChI is InChI=1S/C16H18N4O/c1-2-4-15-14(3-1)20(9-10-21-15)16-18-11-12-5-7-17-8-6-13(12)19-16/h1-4,11,17H,5-10H2. The Hall–Kier alpha value is -2.14. The van der Waals surface area contributed by atoms with Gasteiger partial charge in [0.25, 0.3) is 0 Å². The van der Waals surface area contributed by atoms with E-state index in [2.05, 4.69) is 21.3 Å². The van der Waals surface area contributed by atoms with Crippen LogP contribution in [0, 0.1) is 0 Å². The van der Waals surface area contributed by atoms with Crippen LogP contribution < -0.4 is 15.0 Å². The van der Waals surface area contributed by atoms with Crippen LogP contribution in [0.3, 0.4) is 0 Å². The summed E-state index contributed by atoms with van der Waals surface area (Å²) in [5, 5.41) is 3.41. The summed E-state index contributed by atoms with van der Waals surface area (Å²) in [5.74, 6) is 1.69. The summed E-state index contributed by atoms with van der Waals surface area (Å²) in [4.78, 5) is 11.6. The molecule has 4 rings (SSSR count). The van der Waals surface area contributed by atoms with E-state index in [1.54, 1.807) is 0 Å². The Labute approximate surface area is 124 Å². The van der Waals surface area contributed by atoms with E-state index in [4.69, 9.17) is 9.72 Å². The number of hydrogen-bond donors (Lipinski definition) is 1. The molecule has 2 aliphatic rings. The molecule has 0 bridgehead atoms. The van der Waals surface area contributed by atoms with Gasteiger partial charge in [-0.05, 0) is 30.7 Å². The number of ether oxygens (including phenoxy) is 1. The normalized spacial score (nSPS) is 17.4. The van der Waals surface area contributed by atoms with E-state index >= 15 is 0 Å². The van der Waals surface area contributed by atoms with E-state index in [9.17, 15) is 0 Å². The van der Waals surface area contributed by atoms with Gasteiger partial charge in [-0.2, -0.15) is 0 Å². The van der Waals surface area contributed by atoms with Crippen molar-refractivity contribution in [2.24, 2.45) is 0 Å². The van der Waals surface area contributed by atoms with Gasteiger partial charge >= 0.3 is 0 Å². The molecule has 0 amide bonds. The van der Waals surface area contributed by atoms with Crippen LogP contribution >= 0.6 is 0 Å². The number of para-hydroxylation sites is 2. The molecule has 0 unspecified atom stereocenters. The Morgan fingerprint density at radius 3 is 3.05 bits per heavy atom. The lowest BCUT2D eigenvalue weighted by Crippen LogP contribution is -2.30. The van der Waals surface area contributed by atoms with Gasteiger partial charge in [0.2, 0.25) is 5.95 Å². The van der Waals surface area contributed by atoms with E-state index < -0.39 is 0 Å². The molecule has 1 N–H and O–H groups in total. The first-order valence-electron chi connectivity index (χ1n) is 7.47. The predicted octanol–water partition coefficient (Wildman–Crippen LogP) is 1.70. The minimum absolute atomic E-state index is 0.666. The van der Waals surface area contributed by atoms with Crippen molar-refractivity contribution in [3.63, 3.8) is 0 Å². The highest BCUT2D eigenvalue weighted by atomic mass is 16.5. The minimum Gasteiger partial charge on any atom is -0.490 e. The van der Waals surface area contributed by atoms with Gasteiger partial charge in [-0.3, -0.25) is 0 Å². The van der Waals surface area contributed by atoms with Crippen molar-refractivity contribution >= 4 is 11.6 Å². The van der Waals surface area contributed by atoms with Crippen LogP contribution in [0.15, 0.2) is 30.5 Å². The molecule has 108 valence electrons. The highest BCUT2D eigenvalue weighted by Crippen LogP contribution is 2.34. The van der Waals surface area contributed by atoms with Gasteiger partial charge in [0.1, 0.15) is 12.4 Å². The number of nitrogens with zero attached hydrogens (tertiary/aromatic N) is 3. The van der Waals surface area contributed by atoms with E-state index in [-0.39, 0.29) is 0 Å². The Bertz CT molecular complexity index is 658. The van der Waals surface area contributed by atoms with Gasteiger partial charge in [0.15, 0.2) is 0 Å². The lowest BCUT2D eigenvalue weighted by Gasteiger charge is -2.29. The number of fused-ring (bicyclic) bond motifs is 2. The average molecular weight is 282 g/mol. The molecule has 1 aromatic carbocycles. The number of aromatic nitrogens is 2. The van der Waals surface area contributed by atoms with E-state index in [0.29, 0.717) is 6.61 Å². The predicted molar refractivity (Wildman–Crippen MR) is 81.3 cm³/mol. The van der Waals surface area contributed by atoms with E-state index in [1.165, 1.54) is 11.3 Å². The lowest BCUT2D eigenvalue weighted by molar-refractivity contribution is 0.313. The fourth-order valence-corrected chi connectivity index (χ4v) is 2.92. The van der Waals surface area contributed by atoms with Crippen molar-refractivity contribution in [3.8, 4) is 5.75 Å². The molecule has 0 aliphatic carbocycles. The molecule has 0 saturated carbocycles. The molecule has 0 spiro atoms. The van der Waals surface area contributed by atoms with Crippen LogP contribution in [0.2, 0.25) is 0 Å². The monoisotopic (exact) mass is 282 g/mol. The van der Waals surface area contributed by atoms with Crippen LogP contribution in [0.25, 0.3) is 0 Å². The molecule has 3 heterocycles. The summed E-state index contributed by atoms with van der Waals surface area (Å²) < 4.78 is 5.70. The first-order valence-corrected chi connectivity index (χ1v) is 7.47. The van der Waals surface area contributed by atoms with Crippen LogP contribution in [0.5, 0.6) is 5.75 Å². The van der Waals surface area contributed by atoms with Crippen LogP contribution in [-0.2, 0) is 12.8 Å². The maximum atomic E-state index is 5.70. The lowest BCUT2D eigenvalue weighted by atomic mass is 10.1. The van der Waals surface area contributed by atoms with Crippen molar-refractivity contribution < 1.29 is 4.74 Å². The van der Waals surface area contributed by atoms with E-state index in [0.717, 1.165) is 49.9 Å². The largest absolute Gasteiger partial charge is 0.490 e. The summed E-state index contributed by atoms with van der Waals surface area (Å²) in [6, 6.07) is 8.07. The van der Waals surface area contributed by atoms with Crippen molar-refractivity contribution in [1.82, 2.24) is 15.3 Å². The smallest absolute Gasteiger partial charge is 0.230 e. The zero-order valence-corrected chi connectivity index (χ0v) is 11.9. The zero-order valence-electron chi connectivity index (χ0n) is 11.9. The quantitative estimate of drug-likeness (QED) is 0.862. The summed E-state index contributed by atoms with van der Waals surface area (Å²) in [6.45, 7) is 3.45. The summed E-state index contributed by atoms with van der Waals surface area (Å²) in [6.07, 6.45) is 3.97. The SMILES string of the molecule is c1ccc2c(c1)OCCN2c1ncc2c(n1)CCNCC2. The third-order valence-corrected chi connectivity index (χ3v) is 4.02. The summed E-state index contributed by atoms with van der Waals surface area (Å²) in [5.41, 5.74) is 3.50. The molecule has 5 nitrogen and oxygen atoms in total. The second kappa shape index (κ2) is 5.33. The first-order chi connectivity index (χ1) is 10.4. The molecular weight excluding hydrogens is 264 g/mol. The number of hydrogen-bond acceptors (Lipinski definition) is 5. The van der Waals surface area contributed by atoms with Crippen molar-refractivity contribution in [1.29, 1.82) is 0 Å². The fraction of sp³-hybridized carbons (Fsp3) is 0.375. The van der Waals surface area contributed by atoms with E-state index in [1.807, 2.05) is 24.4 Å². The second-order valence-corrected chi connectivity index (χ2v) is 5.36. The second-order valence-electron chi connectivity index (χ2n) is 5.36. The molecule has 2 aliphatic heterocycles. The molecule has 0 fully saturated rings. The third-order valence-electron chi connectivity index (χ3n) is 4.02. The number of benzene rings is 1. The molecule has 1 aromatic heterocycles. The number of nitrogens with one attached hydrogen (secondary N) is 1. The van der Waals surface area contributed by atoms with Crippen molar-refractivity contribution in [2.75, 3.05) is 31.1 Å². The topological polar surface area (TPSA) is 50.3 Å². The molecule has 0 atom stereocenters. The van der Waals surface area contributed by atoms with Crippen LogP contribution in [-0.4, -0.2) is 36.2 Å². The highest BCUT2D eigenvalue weighted by Gasteiger charge is 2.22. The van der Waals surface area contributed by atoms with Gasteiger partial charge < -0.3 is 15.0 Å². The Balaban J connectivity index is 1.73. The molecule has 0 radical (unpaired) electrons. The maximum absolute atomic E-state index is 5.70. The van der Waals surface area contributed by atoms with Gasteiger partial charge in [-0.15, -0.1) is 0 Å². The Morgan fingerprint density at radius 1 is 1.14 bits per heavy atom. The third kappa shape index (κ3) is 2.34. The van der Waals surface area contributed by atoms with Gasteiger partial charge in [0.05, 0.1) is 17.9 Å². The molecule has 21 heavy (non-hydrogen) atoms. The highest BCUT2D eigenvalue weighted by molar-refractivity contribution is 5.66. The van der Waals surface area contributed by atoms with Gasteiger partial charge in [-0.1, -0.05) is 12.1 Å².